The molecule has 0 aliphatic carbocycles. The number of carbonyl (C=O) groups excluding carboxylic acids is 3. The molecule has 3 atom stereocenters. The van der Waals surface area contributed by atoms with E-state index in [1.807, 2.05) is 0 Å². The van der Waals surface area contributed by atoms with Gasteiger partial charge >= 0.3 is 41.8 Å². The quantitative estimate of drug-likeness (QED) is 0.0605. The summed E-state index contributed by atoms with van der Waals surface area (Å²) in [6.07, 6.45) is 1.13. The number of aliphatic hydroxyl groups excluding tert-OH is 3. The lowest BCUT2D eigenvalue weighted by Gasteiger charge is -2.32. The lowest BCUT2D eigenvalue weighted by molar-refractivity contribution is -0.330. The Bertz CT molecular complexity index is 789. The minimum atomic E-state index is -2.15. The van der Waals surface area contributed by atoms with E-state index in [1.165, 1.54) is 0 Å². The van der Waals surface area contributed by atoms with Crippen LogP contribution in [0.15, 0.2) is 0 Å². The van der Waals surface area contributed by atoms with E-state index in [-0.39, 0.29) is 43.5 Å². The Kier molecular flexibility index (Phi) is 39.1. The summed E-state index contributed by atoms with van der Waals surface area (Å²) < 4.78 is 15.6. The van der Waals surface area contributed by atoms with E-state index in [9.17, 15) is 28.8 Å². The van der Waals surface area contributed by atoms with Crippen molar-refractivity contribution in [1.82, 2.24) is 0 Å². The van der Waals surface area contributed by atoms with Gasteiger partial charge in [0.25, 0.3) is 0 Å². The topological polar surface area (TPSA) is 251 Å². The van der Waals surface area contributed by atoms with E-state index in [4.69, 9.17) is 44.8 Å². The van der Waals surface area contributed by atoms with Gasteiger partial charge in [0.05, 0.1) is 59.2 Å². The molecule has 0 radical (unpaired) electrons. The number of esters is 3. The van der Waals surface area contributed by atoms with Crippen LogP contribution in [-0.4, -0.2) is 125 Å². The number of hydrogen-bond acceptors (Lipinski definition) is 18. The normalized spacial score (nSPS) is 13.1. The maximum absolute atomic E-state index is 12.1. The fourth-order valence-electron chi connectivity index (χ4n) is 1.59. The maximum Gasteiger partial charge on any atom is 0.423 e. The van der Waals surface area contributed by atoms with Gasteiger partial charge in [0.15, 0.2) is 0 Å². The lowest BCUT2D eigenvalue weighted by atomic mass is 9.95. The van der Waals surface area contributed by atoms with Crippen LogP contribution < -0.4 is 0 Å². The third-order valence-corrected chi connectivity index (χ3v) is 7.27. The summed E-state index contributed by atoms with van der Waals surface area (Å²) in [4.78, 5) is 64.1. The highest BCUT2D eigenvalue weighted by molar-refractivity contribution is 7.82. The SMILES string of the molecule is CC(CO)(CO)CO.CCC(S)C(=O)OC(CC)(OC(=O)C(S)CC)OC(=O)C(S)CC.O=C(O)CS.O=C(O)CS.O=C(O)CS. The number of carboxylic acid groups (broad SMARTS) is 3. The zero-order valence-corrected chi connectivity index (χ0v) is 32.2. The van der Waals surface area contributed by atoms with Crippen LogP contribution in [0.3, 0.4) is 0 Å². The molecular formula is C26H50O15S6. The minimum Gasteiger partial charge on any atom is -0.481 e. The summed E-state index contributed by atoms with van der Waals surface area (Å²) in [5.41, 5.74) is -0.708. The molecule has 0 aromatic heterocycles. The summed E-state index contributed by atoms with van der Waals surface area (Å²) in [5.74, 6) is -7.28. The highest BCUT2D eigenvalue weighted by Gasteiger charge is 2.44. The van der Waals surface area contributed by atoms with Crippen molar-refractivity contribution in [3.05, 3.63) is 0 Å². The van der Waals surface area contributed by atoms with Gasteiger partial charge in [-0.3, -0.25) is 28.8 Å². The molecule has 0 saturated carbocycles. The van der Waals surface area contributed by atoms with E-state index in [1.54, 1.807) is 34.6 Å². The van der Waals surface area contributed by atoms with Crippen LogP contribution in [0.1, 0.15) is 60.3 Å². The second kappa shape index (κ2) is 33.3. The average molecular weight is 795 g/mol. The zero-order chi connectivity index (χ0) is 38.4. The molecule has 0 aliphatic heterocycles. The van der Waals surface area contributed by atoms with Crippen molar-refractivity contribution in [2.24, 2.45) is 5.41 Å². The first-order chi connectivity index (χ1) is 21.6. The minimum absolute atomic E-state index is 0.0745. The van der Waals surface area contributed by atoms with Crippen molar-refractivity contribution in [3.8, 4) is 0 Å². The van der Waals surface area contributed by atoms with Crippen LogP contribution in [0.2, 0.25) is 0 Å². The third-order valence-electron chi connectivity index (χ3n) is 4.73. The molecule has 21 heteroatoms. The molecule has 0 amide bonds. The van der Waals surface area contributed by atoms with Crippen LogP contribution in [0.5, 0.6) is 0 Å². The first-order valence-electron chi connectivity index (χ1n) is 13.7. The molecule has 0 fully saturated rings. The van der Waals surface area contributed by atoms with Gasteiger partial charge in [0, 0.05) is 5.41 Å². The molecule has 0 rings (SSSR count). The lowest BCUT2D eigenvalue weighted by Crippen LogP contribution is -2.47. The number of ether oxygens (including phenoxy) is 3. The molecule has 6 N–H and O–H groups in total. The molecule has 47 heavy (non-hydrogen) atoms. The number of carbonyl (C=O) groups is 6. The Morgan fingerprint density at radius 3 is 0.830 bits per heavy atom. The van der Waals surface area contributed by atoms with E-state index in [0.717, 1.165) is 0 Å². The van der Waals surface area contributed by atoms with Gasteiger partial charge in [-0.15, -0.1) is 0 Å². The van der Waals surface area contributed by atoms with Gasteiger partial charge in [-0.1, -0.05) is 34.6 Å². The number of aliphatic hydroxyl groups is 3. The molecule has 280 valence electrons. The molecule has 0 saturated heterocycles. The van der Waals surface area contributed by atoms with Gasteiger partial charge in [-0.05, 0) is 19.3 Å². The summed E-state index contributed by atoms with van der Waals surface area (Å²) >= 11 is 22.5. The second-order valence-electron chi connectivity index (χ2n) is 9.01. The van der Waals surface area contributed by atoms with E-state index in [0.29, 0.717) is 19.3 Å². The van der Waals surface area contributed by atoms with Crippen LogP contribution >= 0.6 is 75.8 Å². The maximum atomic E-state index is 12.1. The van der Waals surface area contributed by atoms with E-state index < -0.39 is 63.0 Å². The van der Waals surface area contributed by atoms with Gasteiger partial charge < -0.3 is 44.8 Å². The summed E-state index contributed by atoms with van der Waals surface area (Å²) in [5, 5.41) is 46.1. The fourth-order valence-corrected chi connectivity index (χ4v) is 1.75. The highest BCUT2D eigenvalue weighted by Crippen LogP contribution is 2.26. The number of aliphatic carboxylic acids is 3. The van der Waals surface area contributed by atoms with Crippen molar-refractivity contribution in [2.45, 2.75) is 82.0 Å². The smallest absolute Gasteiger partial charge is 0.423 e. The highest BCUT2D eigenvalue weighted by atomic mass is 32.1. The van der Waals surface area contributed by atoms with Gasteiger partial charge in [-0.2, -0.15) is 75.8 Å². The number of thiol groups is 6. The monoisotopic (exact) mass is 794 g/mol. The summed E-state index contributed by atoms with van der Waals surface area (Å²) in [7, 11) is 0. The molecule has 3 unspecified atom stereocenters. The van der Waals surface area contributed by atoms with Crippen LogP contribution in [-0.2, 0) is 43.0 Å². The number of hydrogen-bond donors (Lipinski definition) is 12. The van der Waals surface area contributed by atoms with Crippen molar-refractivity contribution in [1.29, 1.82) is 0 Å². The molecular weight excluding hydrogens is 745 g/mol. The number of carboxylic acids is 3. The second-order valence-corrected chi connectivity index (χ2v) is 11.8. The Morgan fingerprint density at radius 2 is 0.745 bits per heavy atom. The Hall–Kier alpha value is -1.20. The molecule has 0 spiro atoms. The predicted molar refractivity (Wildman–Crippen MR) is 194 cm³/mol. The molecule has 0 aromatic rings. The molecule has 0 aromatic carbocycles. The molecule has 0 bridgehead atoms. The molecule has 0 heterocycles. The largest absolute Gasteiger partial charge is 0.481 e. The third kappa shape index (κ3) is 33.1. The van der Waals surface area contributed by atoms with Gasteiger partial charge in [-0.25, -0.2) is 0 Å². The first kappa shape index (κ1) is 55.2. The Morgan fingerprint density at radius 1 is 0.553 bits per heavy atom. The summed E-state index contributed by atoms with van der Waals surface area (Å²) in [6.45, 7) is 7.85. The van der Waals surface area contributed by atoms with E-state index in [2.05, 4.69) is 75.8 Å². The van der Waals surface area contributed by atoms with Crippen molar-refractivity contribution >= 4 is 112 Å². The fraction of sp³-hybridized carbons (Fsp3) is 0.769. The van der Waals surface area contributed by atoms with Crippen molar-refractivity contribution < 1.29 is 73.6 Å². The average Bonchev–Trinajstić information content (AvgIpc) is 3.07. The van der Waals surface area contributed by atoms with Gasteiger partial charge in [0.1, 0.15) is 0 Å². The van der Waals surface area contributed by atoms with E-state index >= 15 is 0 Å². The van der Waals surface area contributed by atoms with Crippen LogP contribution in [0.25, 0.3) is 0 Å². The van der Waals surface area contributed by atoms with Crippen molar-refractivity contribution in [3.63, 3.8) is 0 Å². The zero-order valence-electron chi connectivity index (χ0n) is 26.8. The molecule has 0 aliphatic rings. The standard InChI is InChI=1S/C15H26O6S3.C5H12O3.3C2H4O2S/c1-5-9(22)12(16)19-15(8-4,20-13(17)10(23)6-2)21-14(18)11(24)7-3;1-5(2-6,3-7)4-8;3*3-2(4)1-5/h9-11,22-24H,5-8H2,1-4H3;6-8H,2-4H2,1H3;3*5H,1H2,(H,3,4). The van der Waals surface area contributed by atoms with Crippen LogP contribution in [0.4, 0.5) is 0 Å². The Labute approximate surface area is 308 Å². The predicted octanol–water partition coefficient (Wildman–Crippen LogP) is 1.78. The summed E-state index contributed by atoms with van der Waals surface area (Å²) in [6, 6.07) is 0. The van der Waals surface area contributed by atoms with Crippen LogP contribution in [0, 0.1) is 5.41 Å². The van der Waals surface area contributed by atoms with Crippen molar-refractivity contribution in [2.75, 3.05) is 37.1 Å². The van der Waals surface area contributed by atoms with Gasteiger partial charge in [0.2, 0.25) is 0 Å². The first-order valence-corrected chi connectivity index (χ1v) is 17.1. The molecule has 15 nitrogen and oxygen atoms in total. The number of rotatable bonds is 16. The Balaban J connectivity index is -0.000000205.